The molecule has 2 aromatic carbocycles. The molecule has 2 aliphatic heterocycles. The van der Waals surface area contributed by atoms with Crippen LogP contribution in [0.2, 0.25) is 0 Å². The third-order valence-electron chi connectivity index (χ3n) is 4.90. The van der Waals surface area contributed by atoms with Crippen LogP contribution in [0.25, 0.3) is 11.1 Å². The van der Waals surface area contributed by atoms with Gasteiger partial charge in [0, 0.05) is 32.0 Å². The Morgan fingerprint density at radius 3 is 2.77 bits per heavy atom. The molecular weight excluding hydrogens is 328 g/mol. The minimum atomic E-state index is 0.0516. The van der Waals surface area contributed by atoms with Gasteiger partial charge in [0.15, 0.2) is 0 Å². The topological polar surface area (TPSA) is 59.6 Å². The lowest BCUT2D eigenvalue weighted by Crippen LogP contribution is -2.44. The summed E-state index contributed by atoms with van der Waals surface area (Å²) in [5, 5.41) is 6.29. The summed E-state index contributed by atoms with van der Waals surface area (Å²) in [7, 11) is 0. The summed E-state index contributed by atoms with van der Waals surface area (Å²) < 4.78 is 10.9. The fourth-order valence-electron chi connectivity index (χ4n) is 3.43. The van der Waals surface area contributed by atoms with Crippen LogP contribution in [-0.4, -0.2) is 38.3 Å². The second-order valence-corrected chi connectivity index (χ2v) is 6.82. The van der Waals surface area contributed by atoms with Gasteiger partial charge >= 0.3 is 0 Å². The zero-order chi connectivity index (χ0) is 17.8. The molecule has 2 N–H and O–H groups in total. The van der Waals surface area contributed by atoms with Crippen LogP contribution in [0.3, 0.4) is 0 Å². The van der Waals surface area contributed by atoms with E-state index in [0.717, 1.165) is 37.5 Å². The molecule has 136 valence electrons. The van der Waals surface area contributed by atoms with Crippen LogP contribution < -0.4 is 15.4 Å². The quantitative estimate of drug-likeness (QED) is 0.867. The smallest absolute Gasteiger partial charge is 0.221 e. The number of amides is 1. The van der Waals surface area contributed by atoms with Gasteiger partial charge in [-0.1, -0.05) is 30.3 Å². The van der Waals surface area contributed by atoms with Crippen molar-refractivity contribution in [3.63, 3.8) is 0 Å². The molecule has 0 radical (unpaired) electrons. The molecule has 4 rings (SSSR count). The summed E-state index contributed by atoms with van der Waals surface area (Å²) in [5.41, 5.74) is 4.75. The molecule has 2 aliphatic rings. The molecule has 1 saturated heterocycles. The molecule has 0 spiro atoms. The van der Waals surface area contributed by atoms with E-state index in [1.165, 1.54) is 16.7 Å². The fraction of sp³-hybridized carbons (Fsp3) is 0.381. The lowest BCUT2D eigenvalue weighted by molar-refractivity contribution is -0.122. The summed E-state index contributed by atoms with van der Waals surface area (Å²) in [6.45, 7) is 3.47. The van der Waals surface area contributed by atoms with Crippen molar-refractivity contribution in [2.75, 3.05) is 26.4 Å². The van der Waals surface area contributed by atoms with Crippen molar-refractivity contribution in [1.82, 2.24) is 10.6 Å². The Hall–Kier alpha value is -2.37. The van der Waals surface area contributed by atoms with Gasteiger partial charge in [-0.05, 0) is 34.4 Å². The number of morpholine rings is 1. The standard InChI is InChI=1S/C21H24N2O3/c24-21(12-19-14-25-10-8-22-19)23-13-15-1-3-16(4-2-15)17-5-6-20-18(11-17)7-9-26-20/h1-6,11,19,22H,7-10,12-14H2,(H,23,24). The Morgan fingerprint density at radius 2 is 1.96 bits per heavy atom. The van der Waals surface area contributed by atoms with E-state index in [1.807, 2.05) is 0 Å². The van der Waals surface area contributed by atoms with Gasteiger partial charge in [-0.25, -0.2) is 0 Å². The van der Waals surface area contributed by atoms with Gasteiger partial charge in [0.25, 0.3) is 0 Å². The first kappa shape index (κ1) is 17.1. The lowest BCUT2D eigenvalue weighted by atomic mass is 10.0. The van der Waals surface area contributed by atoms with Gasteiger partial charge < -0.3 is 20.1 Å². The number of fused-ring (bicyclic) bond motifs is 1. The summed E-state index contributed by atoms with van der Waals surface area (Å²) in [6, 6.07) is 14.8. The third kappa shape index (κ3) is 4.06. The number of benzene rings is 2. The first-order valence-corrected chi connectivity index (χ1v) is 9.21. The molecule has 2 aromatic rings. The van der Waals surface area contributed by atoms with Gasteiger partial charge in [0.1, 0.15) is 5.75 Å². The molecule has 0 saturated carbocycles. The second-order valence-electron chi connectivity index (χ2n) is 6.82. The Bertz CT molecular complexity index is 767. The van der Waals surface area contributed by atoms with E-state index in [1.54, 1.807) is 0 Å². The monoisotopic (exact) mass is 352 g/mol. The molecule has 2 heterocycles. The van der Waals surface area contributed by atoms with Gasteiger partial charge in [-0.2, -0.15) is 0 Å². The molecular formula is C21H24N2O3. The van der Waals surface area contributed by atoms with Gasteiger partial charge in [0.2, 0.25) is 5.91 Å². The predicted molar refractivity (Wildman–Crippen MR) is 100 cm³/mol. The van der Waals surface area contributed by atoms with Crippen molar-refractivity contribution in [2.24, 2.45) is 0 Å². The maximum Gasteiger partial charge on any atom is 0.221 e. The van der Waals surface area contributed by atoms with E-state index in [0.29, 0.717) is 19.6 Å². The number of nitrogens with one attached hydrogen (secondary N) is 2. The highest BCUT2D eigenvalue weighted by Gasteiger charge is 2.16. The first-order valence-electron chi connectivity index (χ1n) is 9.21. The molecule has 5 nitrogen and oxygen atoms in total. The van der Waals surface area contributed by atoms with Crippen molar-refractivity contribution in [3.05, 3.63) is 53.6 Å². The molecule has 26 heavy (non-hydrogen) atoms. The van der Waals surface area contributed by atoms with Crippen LogP contribution in [-0.2, 0) is 22.5 Å². The Balaban J connectivity index is 1.32. The van der Waals surface area contributed by atoms with Crippen molar-refractivity contribution in [1.29, 1.82) is 0 Å². The van der Waals surface area contributed by atoms with Gasteiger partial charge in [0.05, 0.1) is 19.8 Å². The molecule has 1 amide bonds. The molecule has 5 heteroatoms. The van der Waals surface area contributed by atoms with Crippen molar-refractivity contribution in [2.45, 2.75) is 25.4 Å². The maximum atomic E-state index is 12.1. The zero-order valence-electron chi connectivity index (χ0n) is 14.8. The first-order chi connectivity index (χ1) is 12.8. The van der Waals surface area contributed by atoms with E-state index in [4.69, 9.17) is 9.47 Å². The van der Waals surface area contributed by atoms with Gasteiger partial charge in [-0.3, -0.25) is 4.79 Å². The number of hydrogen-bond acceptors (Lipinski definition) is 4. The fourth-order valence-corrected chi connectivity index (χ4v) is 3.43. The van der Waals surface area contributed by atoms with Gasteiger partial charge in [-0.15, -0.1) is 0 Å². The molecule has 1 unspecified atom stereocenters. The number of hydrogen-bond donors (Lipinski definition) is 2. The number of rotatable bonds is 5. The summed E-state index contributed by atoms with van der Waals surface area (Å²) in [6.07, 6.45) is 1.43. The molecule has 0 aromatic heterocycles. The Morgan fingerprint density at radius 1 is 1.12 bits per heavy atom. The highest BCUT2D eigenvalue weighted by molar-refractivity contribution is 5.76. The van der Waals surface area contributed by atoms with Crippen LogP contribution in [0.1, 0.15) is 17.5 Å². The van der Waals surface area contributed by atoms with Crippen LogP contribution in [0.5, 0.6) is 5.75 Å². The number of ether oxygens (including phenoxy) is 2. The van der Waals surface area contributed by atoms with Crippen molar-refractivity contribution >= 4 is 5.91 Å². The number of carbonyl (C=O) groups is 1. The predicted octanol–water partition coefficient (Wildman–Crippen LogP) is 2.28. The molecule has 1 fully saturated rings. The molecule has 0 aliphatic carbocycles. The van der Waals surface area contributed by atoms with Crippen LogP contribution in [0.15, 0.2) is 42.5 Å². The largest absolute Gasteiger partial charge is 0.493 e. The van der Waals surface area contributed by atoms with E-state index in [2.05, 4.69) is 53.1 Å². The SMILES string of the molecule is O=C(CC1COCCN1)NCc1ccc(-c2ccc3c(c2)CCO3)cc1. The maximum absolute atomic E-state index is 12.1. The highest BCUT2D eigenvalue weighted by Crippen LogP contribution is 2.30. The lowest BCUT2D eigenvalue weighted by Gasteiger charge is -2.23. The van der Waals surface area contributed by atoms with Crippen LogP contribution in [0, 0.1) is 0 Å². The molecule has 1 atom stereocenters. The van der Waals surface area contributed by atoms with E-state index in [9.17, 15) is 4.79 Å². The highest BCUT2D eigenvalue weighted by atomic mass is 16.5. The van der Waals surface area contributed by atoms with E-state index >= 15 is 0 Å². The van der Waals surface area contributed by atoms with Crippen LogP contribution >= 0.6 is 0 Å². The average molecular weight is 352 g/mol. The second kappa shape index (κ2) is 7.89. The minimum absolute atomic E-state index is 0.0516. The summed E-state index contributed by atoms with van der Waals surface area (Å²) in [4.78, 5) is 12.1. The van der Waals surface area contributed by atoms with E-state index in [-0.39, 0.29) is 11.9 Å². The Kier molecular flexibility index (Phi) is 5.18. The Labute approximate surface area is 153 Å². The van der Waals surface area contributed by atoms with Crippen molar-refractivity contribution in [3.8, 4) is 16.9 Å². The normalized spacial score (nSPS) is 18.8. The third-order valence-corrected chi connectivity index (χ3v) is 4.90. The average Bonchev–Trinajstić information content (AvgIpc) is 3.15. The van der Waals surface area contributed by atoms with Crippen molar-refractivity contribution < 1.29 is 14.3 Å². The summed E-state index contributed by atoms with van der Waals surface area (Å²) in [5.74, 6) is 1.06. The number of carbonyl (C=O) groups excluding carboxylic acids is 1. The zero-order valence-corrected chi connectivity index (χ0v) is 14.8. The molecule has 0 bridgehead atoms. The van der Waals surface area contributed by atoms with Crippen LogP contribution in [0.4, 0.5) is 0 Å². The minimum Gasteiger partial charge on any atom is -0.493 e. The summed E-state index contributed by atoms with van der Waals surface area (Å²) >= 11 is 0. The van der Waals surface area contributed by atoms with E-state index < -0.39 is 0 Å².